The molecule has 0 unspecified atom stereocenters. The molecule has 5 heteroatoms. The van der Waals surface area contributed by atoms with Crippen molar-refractivity contribution in [3.63, 3.8) is 0 Å². The Morgan fingerprint density at radius 3 is 2.69 bits per heavy atom. The summed E-state index contributed by atoms with van der Waals surface area (Å²) < 4.78 is 2.05. The SMILES string of the molecule is N#Cc1cccc(-n2c(-c3n[nH]c4ccccc34)nc3ccccc32)c1. The first-order valence-electron chi connectivity index (χ1n) is 8.26. The zero-order valence-corrected chi connectivity index (χ0v) is 13.7. The average Bonchev–Trinajstić information content (AvgIpc) is 3.29. The van der Waals surface area contributed by atoms with Crippen LogP contribution >= 0.6 is 0 Å². The number of imidazole rings is 1. The molecule has 0 saturated heterocycles. The van der Waals surface area contributed by atoms with E-state index in [0.29, 0.717) is 5.56 Å². The number of H-pyrrole nitrogens is 1. The molecule has 0 aliphatic rings. The molecule has 3 aromatic carbocycles. The molecule has 0 radical (unpaired) electrons. The van der Waals surface area contributed by atoms with Crippen molar-refractivity contribution in [1.29, 1.82) is 5.26 Å². The third kappa shape index (κ3) is 2.10. The smallest absolute Gasteiger partial charge is 0.166 e. The summed E-state index contributed by atoms with van der Waals surface area (Å²) in [6.45, 7) is 0. The van der Waals surface area contributed by atoms with Crippen molar-refractivity contribution in [2.24, 2.45) is 0 Å². The van der Waals surface area contributed by atoms with Crippen molar-refractivity contribution in [1.82, 2.24) is 19.7 Å². The van der Waals surface area contributed by atoms with E-state index in [1.807, 2.05) is 66.7 Å². The van der Waals surface area contributed by atoms with Crippen LogP contribution in [0.1, 0.15) is 5.56 Å². The molecule has 122 valence electrons. The standard InChI is InChI=1S/C21H13N5/c22-13-14-6-5-7-15(12-14)26-19-11-4-3-10-18(19)23-21(26)20-16-8-1-2-9-17(16)24-25-20/h1-12H,(H,24,25). The fourth-order valence-electron chi connectivity index (χ4n) is 3.29. The van der Waals surface area contributed by atoms with E-state index in [0.717, 1.165) is 39.1 Å². The molecule has 0 aliphatic carbocycles. The molecule has 2 heterocycles. The maximum Gasteiger partial charge on any atom is 0.166 e. The van der Waals surface area contributed by atoms with Gasteiger partial charge in [-0.25, -0.2) is 4.98 Å². The second-order valence-corrected chi connectivity index (χ2v) is 6.04. The minimum Gasteiger partial charge on any atom is -0.291 e. The molecule has 2 aromatic heterocycles. The van der Waals surface area contributed by atoms with Crippen molar-refractivity contribution in [2.45, 2.75) is 0 Å². The molecule has 0 saturated carbocycles. The van der Waals surface area contributed by atoms with Crippen molar-refractivity contribution >= 4 is 21.9 Å². The van der Waals surface area contributed by atoms with Crippen LogP contribution < -0.4 is 0 Å². The van der Waals surface area contributed by atoms with Gasteiger partial charge in [-0.2, -0.15) is 10.4 Å². The molecule has 1 N–H and O–H groups in total. The molecule has 0 aliphatic heterocycles. The Balaban J connectivity index is 1.87. The first kappa shape index (κ1) is 14.4. The summed E-state index contributed by atoms with van der Waals surface area (Å²) >= 11 is 0. The minimum atomic E-state index is 0.609. The molecule has 0 fully saturated rings. The van der Waals surface area contributed by atoms with Crippen LogP contribution in [0.5, 0.6) is 0 Å². The van der Waals surface area contributed by atoms with E-state index in [1.54, 1.807) is 6.07 Å². The van der Waals surface area contributed by atoms with Crippen molar-refractivity contribution in [2.75, 3.05) is 0 Å². The number of nitrogens with one attached hydrogen (secondary N) is 1. The van der Waals surface area contributed by atoms with Crippen molar-refractivity contribution < 1.29 is 0 Å². The van der Waals surface area contributed by atoms with E-state index in [1.165, 1.54) is 0 Å². The maximum atomic E-state index is 9.28. The van der Waals surface area contributed by atoms with E-state index in [9.17, 15) is 5.26 Å². The van der Waals surface area contributed by atoms with Gasteiger partial charge in [-0.15, -0.1) is 0 Å². The highest BCUT2D eigenvalue weighted by molar-refractivity contribution is 5.94. The van der Waals surface area contributed by atoms with E-state index in [2.05, 4.69) is 20.8 Å². The molecule has 5 aromatic rings. The first-order chi connectivity index (χ1) is 12.8. The van der Waals surface area contributed by atoms with Gasteiger partial charge in [0.25, 0.3) is 0 Å². The molecular formula is C21H13N5. The van der Waals surface area contributed by atoms with E-state index in [4.69, 9.17) is 4.98 Å². The predicted octanol–water partition coefficient (Wildman–Crippen LogP) is 4.44. The number of benzene rings is 3. The number of fused-ring (bicyclic) bond motifs is 2. The van der Waals surface area contributed by atoms with Crippen LogP contribution in [0, 0.1) is 11.3 Å². The predicted molar refractivity (Wildman–Crippen MR) is 101 cm³/mol. The summed E-state index contributed by atoms with van der Waals surface area (Å²) in [4.78, 5) is 4.83. The highest BCUT2D eigenvalue weighted by Crippen LogP contribution is 2.31. The van der Waals surface area contributed by atoms with Gasteiger partial charge in [0, 0.05) is 11.1 Å². The fraction of sp³-hybridized carbons (Fsp3) is 0. The number of aromatic nitrogens is 4. The van der Waals surface area contributed by atoms with Crippen LogP contribution in [0.3, 0.4) is 0 Å². The monoisotopic (exact) mass is 335 g/mol. The lowest BCUT2D eigenvalue weighted by molar-refractivity contribution is 1.05. The molecule has 26 heavy (non-hydrogen) atoms. The second-order valence-electron chi connectivity index (χ2n) is 6.04. The average molecular weight is 335 g/mol. The Labute approximate surface area is 149 Å². The van der Waals surface area contributed by atoms with Crippen LogP contribution in [0.2, 0.25) is 0 Å². The maximum absolute atomic E-state index is 9.28. The van der Waals surface area contributed by atoms with Crippen LogP contribution in [0.15, 0.2) is 72.8 Å². The zero-order valence-electron chi connectivity index (χ0n) is 13.7. The number of nitrogens with zero attached hydrogens (tertiary/aromatic N) is 4. The van der Waals surface area contributed by atoms with Crippen LogP contribution in [-0.2, 0) is 0 Å². The summed E-state index contributed by atoms with van der Waals surface area (Å²) in [7, 11) is 0. The molecule has 5 nitrogen and oxygen atoms in total. The Morgan fingerprint density at radius 1 is 0.923 bits per heavy atom. The van der Waals surface area contributed by atoms with Crippen LogP contribution in [-0.4, -0.2) is 19.7 Å². The Bertz CT molecular complexity index is 1300. The molecule has 0 spiro atoms. The number of para-hydroxylation sites is 3. The number of rotatable bonds is 2. The van der Waals surface area contributed by atoms with Gasteiger partial charge >= 0.3 is 0 Å². The lowest BCUT2D eigenvalue weighted by Gasteiger charge is -2.08. The van der Waals surface area contributed by atoms with E-state index >= 15 is 0 Å². The second kappa shape index (κ2) is 5.57. The fourth-order valence-corrected chi connectivity index (χ4v) is 3.29. The highest BCUT2D eigenvalue weighted by Gasteiger charge is 2.18. The van der Waals surface area contributed by atoms with Gasteiger partial charge < -0.3 is 0 Å². The van der Waals surface area contributed by atoms with Gasteiger partial charge in [0.2, 0.25) is 0 Å². The third-order valence-electron chi connectivity index (χ3n) is 4.48. The van der Waals surface area contributed by atoms with Gasteiger partial charge in [0.15, 0.2) is 5.82 Å². The third-order valence-corrected chi connectivity index (χ3v) is 4.48. The largest absolute Gasteiger partial charge is 0.291 e. The van der Waals surface area contributed by atoms with E-state index in [-0.39, 0.29) is 0 Å². The van der Waals surface area contributed by atoms with Crippen LogP contribution in [0.4, 0.5) is 0 Å². The van der Waals surface area contributed by atoms with Gasteiger partial charge in [0.05, 0.1) is 28.2 Å². The minimum absolute atomic E-state index is 0.609. The lowest BCUT2D eigenvalue weighted by Crippen LogP contribution is -1.98. The Morgan fingerprint density at radius 2 is 1.77 bits per heavy atom. The van der Waals surface area contributed by atoms with Gasteiger partial charge in [-0.3, -0.25) is 9.67 Å². The molecule has 0 bridgehead atoms. The van der Waals surface area contributed by atoms with Crippen molar-refractivity contribution in [3.05, 3.63) is 78.4 Å². The summed E-state index contributed by atoms with van der Waals surface area (Å²) in [6, 6.07) is 25.7. The topological polar surface area (TPSA) is 70.3 Å². The first-order valence-corrected chi connectivity index (χ1v) is 8.26. The molecule has 0 amide bonds. The summed E-state index contributed by atoms with van der Waals surface area (Å²) in [5.41, 5.74) is 5.12. The quantitative estimate of drug-likeness (QED) is 0.518. The normalized spacial score (nSPS) is 11.0. The van der Waals surface area contributed by atoms with Crippen molar-refractivity contribution in [3.8, 4) is 23.3 Å². The number of hydrogen-bond acceptors (Lipinski definition) is 3. The van der Waals surface area contributed by atoms with Crippen LogP contribution in [0.25, 0.3) is 39.1 Å². The van der Waals surface area contributed by atoms with Gasteiger partial charge in [-0.05, 0) is 36.4 Å². The number of nitriles is 1. The Hall–Kier alpha value is -3.91. The zero-order chi connectivity index (χ0) is 17.5. The summed E-state index contributed by atoms with van der Waals surface area (Å²) in [6.07, 6.45) is 0. The summed E-state index contributed by atoms with van der Waals surface area (Å²) in [5.74, 6) is 0.749. The number of aromatic amines is 1. The summed E-state index contributed by atoms with van der Waals surface area (Å²) in [5, 5.41) is 17.9. The lowest BCUT2D eigenvalue weighted by atomic mass is 10.2. The number of hydrogen-bond donors (Lipinski definition) is 1. The van der Waals surface area contributed by atoms with Gasteiger partial charge in [-0.1, -0.05) is 36.4 Å². The highest BCUT2D eigenvalue weighted by atomic mass is 15.2. The van der Waals surface area contributed by atoms with Gasteiger partial charge in [0.1, 0.15) is 5.69 Å². The Kier molecular flexibility index (Phi) is 3.09. The molecular weight excluding hydrogens is 322 g/mol. The molecule has 5 rings (SSSR count). The van der Waals surface area contributed by atoms with E-state index < -0.39 is 0 Å². The molecule has 0 atom stereocenters.